The van der Waals surface area contributed by atoms with Gasteiger partial charge in [-0.05, 0) is 31.0 Å². The first-order chi connectivity index (χ1) is 12.6. The number of imide groups is 1. The summed E-state index contributed by atoms with van der Waals surface area (Å²) in [6, 6.07) is 7.98. The second-order valence-electron chi connectivity index (χ2n) is 6.51. The molecule has 1 saturated carbocycles. The molecule has 3 rings (SSSR count). The predicted octanol–water partition coefficient (Wildman–Crippen LogP) is 2.10. The molecule has 0 aromatic heterocycles. The van der Waals surface area contributed by atoms with Crippen LogP contribution in [0.5, 0.6) is 0 Å². The summed E-state index contributed by atoms with van der Waals surface area (Å²) in [5.74, 6) is -1.17. The van der Waals surface area contributed by atoms with E-state index in [2.05, 4.69) is 0 Å². The van der Waals surface area contributed by atoms with Crippen LogP contribution < -0.4 is 0 Å². The third-order valence-electron chi connectivity index (χ3n) is 4.92. The fourth-order valence-electron chi connectivity index (χ4n) is 3.62. The molecule has 1 heterocycles. The van der Waals surface area contributed by atoms with Gasteiger partial charge < -0.3 is 4.90 Å². The Kier molecular flexibility index (Phi) is 4.99. The molecule has 3 amide bonds. The van der Waals surface area contributed by atoms with Crippen LogP contribution >= 0.6 is 0 Å². The van der Waals surface area contributed by atoms with E-state index in [4.69, 9.17) is 10.5 Å². The van der Waals surface area contributed by atoms with Gasteiger partial charge in [0.15, 0.2) is 0 Å². The van der Waals surface area contributed by atoms with E-state index >= 15 is 0 Å². The van der Waals surface area contributed by atoms with Crippen LogP contribution in [-0.4, -0.2) is 46.7 Å². The fourth-order valence-corrected chi connectivity index (χ4v) is 3.62. The maximum absolute atomic E-state index is 12.8. The SMILES string of the molecule is N#CCN(CC#N)C(=O)c1ccc2c(c1)C(=O)N(C1CCCCC1)C2=O. The highest BCUT2D eigenvalue weighted by Gasteiger charge is 2.40. The first-order valence-corrected chi connectivity index (χ1v) is 8.63. The normalized spacial score (nSPS) is 16.8. The van der Waals surface area contributed by atoms with Crippen LogP contribution in [0.2, 0.25) is 0 Å². The number of carbonyl (C=O) groups excluding carboxylic acids is 3. The van der Waals surface area contributed by atoms with Crippen molar-refractivity contribution in [3.05, 3.63) is 34.9 Å². The van der Waals surface area contributed by atoms with E-state index < -0.39 is 5.91 Å². The summed E-state index contributed by atoms with van der Waals surface area (Å²) in [5.41, 5.74) is 0.727. The van der Waals surface area contributed by atoms with Crippen molar-refractivity contribution in [3.8, 4) is 12.1 Å². The van der Waals surface area contributed by atoms with E-state index in [0.717, 1.165) is 37.0 Å². The number of amides is 3. The minimum absolute atomic E-state index is 0.0797. The van der Waals surface area contributed by atoms with Gasteiger partial charge in [-0.25, -0.2) is 0 Å². The van der Waals surface area contributed by atoms with Crippen LogP contribution in [0.25, 0.3) is 0 Å². The van der Waals surface area contributed by atoms with Gasteiger partial charge in [0.25, 0.3) is 17.7 Å². The lowest BCUT2D eigenvalue weighted by molar-refractivity contribution is 0.0548. The molecule has 0 radical (unpaired) electrons. The van der Waals surface area contributed by atoms with Gasteiger partial charge in [-0.2, -0.15) is 10.5 Å². The van der Waals surface area contributed by atoms with Crippen LogP contribution in [0.1, 0.15) is 63.2 Å². The van der Waals surface area contributed by atoms with Crippen molar-refractivity contribution in [1.82, 2.24) is 9.80 Å². The zero-order chi connectivity index (χ0) is 18.7. The summed E-state index contributed by atoms with van der Waals surface area (Å²) in [4.78, 5) is 40.4. The van der Waals surface area contributed by atoms with Crippen LogP contribution in [0.15, 0.2) is 18.2 Å². The molecule has 0 unspecified atom stereocenters. The number of nitriles is 2. The summed E-state index contributed by atoms with van der Waals surface area (Å²) in [6.45, 7) is -0.435. The van der Waals surface area contributed by atoms with Crippen molar-refractivity contribution in [3.63, 3.8) is 0 Å². The van der Waals surface area contributed by atoms with E-state index in [1.165, 1.54) is 23.1 Å². The Morgan fingerprint density at radius 2 is 1.65 bits per heavy atom. The molecule has 2 aliphatic rings. The van der Waals surface area contributed by atoms with Gasteiger partial charge in [0.2, 0.25) is 0 Å². The molecule has 1 aliphatic carbocycles. The average molecular weight is 350 g/mol. The highest BCUT2D eigenvalue weighted by Crippen LogP contribution is 2.31. The van der Waals surface area contributed by atoms with Gasteiger partial charge in [-0.1, -0.05) is 19.3 Å². The largest absolute Gasteiger partial charge is 0.312 e. The number of hydrogen-bond acceptors (Lipinski definition) is 5. The highest BCUT2D eigenvalue weighted by atomic mass is 16.2. The third-order valence-corrected chi connectivity index (χ3v) is 4.92. The lowest BCUT2D eigenvalue weighted by Crippen LogP contribution is -2.40. The highest BCUT2D eigenvalue weighted by molar-refractivity contribution is 6.22. The zero-order valence-electron chi connectivity index (χ0n) is 14.3. The standard InChI is InChI=1S/C19H18N4O3/c20-8-10-22(11-9-21)17(24)13-6-7-15-16(12-13)19(26)23(18(15)25)14-4-2-1-3-5-14/h6-7,12,14H,1-5,10-11H2. The molecule has 26 heavy (non-hydrogen) atoms. The molecule has 0 atom stereocenters. The van der Waals surface area contributed by atoms with Crippen molar-refractivity contribution < 1.29 is 14.4 Å². The molecular formula is C19H18N4O3. The Hall–Kier alpha value is -3.19. The van der Waals surface area contributed by atoms with Crippen molar-refractivity contribution in [2.45, 2.75) is 38.1 Å². The smallest absolute Gasteiger partial charge is 0.261 e. The summed E-state index contributed by atoms with van der Waals surface area (Å²) in [5, 5.41) is 17.6. The molecule has 0 bridgehead atoms. The van der Waals surface area contributed by atoms with Gasteiger partial charge >= 0.3 is 0 Å². The van der Waals surface area contributed by atoms with Gasteiger partial charge in [0.1, 0.15) is 13.1 Å². The first kappa shape index (κ1) is 17.6. The third kappa shape index (κ3) is 3.04. The van der Waals surface area contributed by atoms with Gasteiger partial charge in [-0.3, -0.25) is 19.3 Å². The Morgan fingerprint density at radius 3 is 2.27 bits per heavy atom. The monoisotopic (exact) mass is 350 g/mol. The lowest BCUT2D eigenvalue weighted by Gasteiger charge is -2.29. The lowest BCUT2D eigenvalue weighted by atomic mass is 9.94. The quantitative estimate of drug-likeness (QED) is 0.611. The average Bonchev–Trinajstić information content (AvgIpc) is 2.92. The molecule has 1 aromatic carbocycles. The molecule has 1 aromatic rings. The number of fused-ring (bicyclic) bond motifs is 1. The second kappa shape index (κ2) is 7.37. The van der Waals surface area contributed by atoms with Crippen molar-refractivity contribution >= 4 is 17.7 Å². The number of rotatable bonds is 4. The van der Waals surface area contributed by atoms with E-state index in [0.29, 0.717) is 5.56 Å². The van der Waals surface area contributed by atoms with Crippen molar-refractivity contribution in [2.75, 3.05) is 13.1 Å². The molecule has 0 spiro atoms. The first-order valence-electron chi connectivity index (χ1n) is 8.63. The van der Waals surface area contributed by atoms with Crippen LogP contribution in [0.4, 0.5) is 0 Å². The van der Waals surface area contributed by atoms with Gasteiger partial charge in [0, 0.05) is 11.6 Å². The Morgan fingerprint density at radius 1 is 1.04 bits per heavy atom. The summed E-state index contributed by atoms with van der Waals surface area (Å²) >= 11 is 0. The topological polar surface area (TPSA) is 105 Å². The number of hydrogen-bond donors (Lipinski definition) is 0. The molecule has 7 nitrogen and oxygen atoms in total. The minimum atomic E-state index is -0.507. The van der Waals surface area contributed by atoms with Gasteiger partial charge in [0.05, 0.1) is 23.3 Å². The fraction of sp³-hybridized carbons (Fsp3) is 0.421. The van der Waals surface area contributed by atoms with Gasteiger partial charge in [-0.15, -0.1) is 0 Å². The second-order valence-corrected chi connectivity index (χ2v) is 6.51. The van der Waals surface area contributed by atoms with Crippen molar-refractivity contribution in [2.24, 2.45) is 0 Å². The molecule has 0 saturated heterocycles. The molecule has 7 heteroatoms. The predicted molar refractivity (Wildman–Crippen MR) is 90.9 cm³/mol. The molecule has 1 fully saturated rings. The number of benzene rings is 1. The molecule has 0 N–H and O–H groups in total. The Labute approximate surface area is 151 Å². The molecular weight excluding hydrogens is 332 g/mol. The summed E-state index contributed by atoms with van der Waals surface area (Å²) < 4.78 is 0. The number of nitrogens with zero attached hydrogens (tertiary/aromatic N) is 4. The van der Waals surface area contributed by atoms with Crippen molar-refractivity contribution in [1.29, 1.82) is 10.5 Å². The molecule has 1 aliphatic heterocycles. The zero-order valence-corrected chi connectivity index (χ0v) is 14.3. The minimum Gasteiger partial charge on any atom is -0.312 e. The maximum atomic E-state index is 12.8. The Balaban J connectivity index is 1.89. The maximum Gasteiger partial charge on any atom is 0.261 e. The summed E-state index contributed by atoms with van der Waals surface area (Å²) in [6.07, 6.45) is 4.74. The van der Waals surface area contributed by atoms with Crippen LogP contribution in [0.3, 0.4) is 0 Å². The number of carbonyl (C=O) groups is 3. The molecule has 132 valence electrons. The van der Waals surface area contributed by atoms with Crippen LogP contribution in [-0.2, 0) is 0 Å². The van der Waals surface area contributed by atoms with Crippen LogP contribution in [0, 0.1) is 22.7 Å². The van der Waals surface area contributed by atoms with E-state index in [1.807, 2.05) is 12.1 Å². The van der Waals surface area contributed by atoms with E-state index in [9.17, 15) is 14.4 Å². The summed E-state index contributed by atoms with van der Waals surface area (Å²) in [7, 11) is 0. The Bertz CT molecular complexity index is 827. The van der Waals surface area contributed by atoms with E-state index in [-0.39, 0.29) is 42.1 Å². The van der Waals surface area contributed by atoms with E-state index in [1.54, 1.807) is 0 Å².